The van der Waals surface area contributed by atoms with Gasteiger partial charge in [0, 0.05) is 5.69 Å². The van der Waals surface area contributed by atoms with Crippen molar-refractivity contribution < 1.29 is 22.9 Å². The lowest BCUT2D eigenvalue weighted by molar-refractivity contribution is -0.392. The molecule has 2 N–H and O–H groups in total. The predicted molar refractivity (Wildman–Crippen MR) is 115 cm³/mol. The second-order valence-electron chi connectivity index (χ2n) is 6.37. The number of non-ortho nitro benzene ring substituents is 1. The molecule has 0 bridgehead atoms. The van der Waals surface area contributed by atoms with E-state index in [1.807, 2.05) is 6.92 Å². The minimum Gasteiger partial charge on any atom is -0.348 e. The molecule has 0 unspecified atom stereocenters. The minimum atomic E-state index is -3.95. The van der Waals surface area contributed by atoms with E-state index in [9.17, 15) is 28.6 Å². The zero-order valence-electron chi connectivity index (χ0n) is 16.5. The Morgan fingerprint density at radius 2 is 1.70 bits per heavy atom. The summed E-state index contributed by atoms with van der Waals surface area (Å²) in [6.07, 6.45) is 0.614. The zero-order valence-corrected chi connectivity index (χ0v) is 18.1. The fraction of sp³-hybridized carbons (Fsp3) is 0.125. The number of nitro groups is 2. The average molecular weight is 492 g/mol. The molecule has 33 heavy (non-hydrogen) atoms. The van der Waals surface area contributed by atoms with Gasteiger partial charge >= 0.3 is 11.4 Å². The maximum atomic E-state index is 12.6. The van der Waals surface area contributed by atoms with Crippen molar-refractivity contribution in [3.05, 3.63) is 55.6 Å². The van der Waals surface area contributed by atoms with Crippen LogP contribution in [-0.4, -0.2) is 38.8 Å². The van der Waals surface area contributed by atoms with E-state index >= 15 is 0 Å². The Balaban J connectivity index is 1.65. The highest BCUT2D eigenvalue weighted by Crippen LogP contribution is 2.39. The van der Waals surface area contributed by atoms with Gasteiger partial charge < -0.3 is 5.32 Å². The van der Waals surface area contributed by atoms with Crippen molar-refractivity contribution in [2.45, 2.75) is 18.2 Å². The van der Waals surface area contributed by atoms with Crippen molar-refractivity contribution in [1.82, 2.24) is 20.5 Å². The number of nitro benzene ring substituents is 2. The summed E-state index contributed by atoms with van der Waals surface area (Å²) >= 11 is 1.11. The summed E-state index contributed by atoms with van der Waals surface area (Å²) in [5.41, 5.74) is -1.72. The monoisotopic (exact) mass is 492 g/mol. The Morgan fingerprint density at radius 3 is 2.30 bits per heavy atom. The van der Waals surface area contributed by atoms with Crippen LogP contribution in [0, 0.1) is 20.2 Å². The molecule has 2 heterocycles. The molecule has 0 aliphatic rings. The van der Waals surface area contributed by atoms with Gasteiger partial charge in [-0.3, -0.25) is 25.0 Å². The lowest BCUT2D eigenvalue weighted by Crippen LogP contribution is -2.12. The number of fused-ring (bicyclic) bond motifs is 1. The van der Waals surface area contributed by atoms with E-state index in [0.29, 0.717) is 11.4 Å². The number of rotatable bonds is 8. The van der Waals surface area contributed by atoms with Crippen LogP contribution < -0.4 is 10.0 Å². The number of aromatic nitrogens is 4. The van der Waals surface area contributed by atoms with Crippen LogP contribution in [0.15, 0.2) is 39.9 Å². The number of aryl methyl sites for hydroxylation is 1. The molecule has 0 aliphatic heterocycles. The van der Waals surface area contributed by atoms with Crippen LogP contribution >= 0.6 is 11.3 Å². The molecule has 2 aromatic carbocycles. The molecular weight excluding hydrogens is 480 g/mol. The summed E-state index contributed by atoms with van der Waals surface area (Å²) in [6, 6.07) is 5.99. The number of sulfonamides is 1. The molecule has 0 radical (unpaired) electrons. The van der Waals surface area contributed by atoms with Gasteiger partial charge in [0.1, 0.15) is 10.7 Å². The van der Waals surface area contributed by atoms with Gasteiger partial charge in [-0.05, 0) is 41.0 Å². The lowest BCUT2D eigenvalue weighted by atomic mass is 10.2. The van der Waals surface area contributed by atoms with Crippen LogP contribution in [0.1, 0.15) is 11.9 Å². The number of anilines is 3. The summed E-state index contributed by atoms with van der Waals surface area (Å²) in [5.74, 6) is 0. The molecule has 170 valence electrons. The Kier molecular flexibility index (Phi) is 5.56. The molecule has 17 heteroatoms. The Labute approximate surface area is 187 Å². The maximum absolute atomic E-state index is 12.6. The SMILES string of the molecule is CCc1nnc(NS(=O)(=O)c2ccc(Nc3c([N+](=O)[O-])cc([N+](=O)[O-])c4nonc34)cc2)s1. The average Bonchev–Trinajstić information content (AvgIpc) is 3.43. The van der Waals surface area contributed by atoms with E-state index in [0.717, 1.165) is 17.4 Å². The van der Waals surface area contributed by atoms with Gasteiger partial charge in [-0.15, -0.1) is 10.2 Å². The number of benzene rings is 2. The quantitative estimate of drug-likeness (QED) is 0.268. The smallest absolute Gasteiger partial charge is 0.307 e. The molecule has 4 aromatic rings. The van der Waals surface area contributed by atoms with Crippen LogP contribution in [0.3, 0.4) is 0 Å². The highest BCUT2D eigenvalue weighted by molar-refractivity contribution is 7.93. The molecule has 0 fully saturated rings. The van der Waals surface area contributed by atoms with Crippen molar-refractivity contribution in [3.63, 3.8) is 0 Å². The van der Waals surface area contributed by atoms with E-state index < -0.39 is 31.2 Å². The summed E-state index contributed by atoms with van der Waals surface area (Å²) in [7, 11) is -3.95. The van der Waals surface area contributed by atoms with Gasteiger partial charge in [0.2, 0.25) is 10.6 Å². The topological polar surface area (TPSA) is 209 Å². The highest BCUT2D eigenvalue weighted by atomic mass is 32.2. The van der Waals surface area contributed by atoms with Crippen molar-refractivity contribution in [3.8, 4) is 0 Å². The van der Waals surface area contributed by atoms with Crippen molar-refractivity contribution in [2.75, 3.05) is 10.0 Å². The van der Waals surface area contributed by atoms with E-state index in [1.54, 1.807) is 0 Å². The van der Waals surface area contributed by atoms with Gasteiger partial charge in [-0.2, -0.15) is 0 Å². The largest absolute Gasteiger partial charge is 0.348 e. The van der Waals surface area contributed by atoms with Gasteiger partial charge in [-0.1, -0.05) is 18.3 Å². The Hall–Kier alpha value is -4.25. The first-order valence-electron chi connectivity index (χ1n) is 9.00. The van der Waals surface area contributed by atoms with Gasteiger partial charge in [-0.25, -0.2) is 13.0 Å². The van der Waals surface area contributed by atoms with E-state index in [4.69, 9.17) is 0 Å². The predicted octanol–water partition coefficient (Wildman–Crippen LogP) is 3.00. The van der Waals surface area contributed by atoms with E-state index in [1.165, 1.54) is 24.3 Å². The molecule has 0 spiro atoms. The molecule has 2 aromatic heterocycles. The molecular formula is C16H12N8O7S2. The third-order valence-corrected chi connectivity index (χ3v) is 6.78. The number of nitrogens with one attached hydrogen (secondary N) is 2. The summed E-state index contributed by atoms with van der Waals surface area (Å²) in [5, 5.41) is 40.9. The fourth-order valence-electron chi connectivity index (χ4n) is 2.79. The van der Waals surface area contributed by atoms with Gasteiger partial charge in [0.05, 0.1) is 20.8 Å². The fourth-order valence-corrected chi connectivity index (χ4v) is 4.70. The molecule has 15 nitrogen and oxygen atoms in total. The first-order chi connectivity index (χ1) is 15.7. The molecule has 0 saturated carbocycles. The Morgan fingerprint density at radius 1 is 1.03 bits per heavy atom. The number of hydrogen-bond donors (Lipinski definition) is 2. The molecule has 0 amide bonds. The third kappa shape index (κ3) is 4.26. The Bertz CT molecular complexity index is 1480. The van der Waals surface area contributed by atoms with Crippen molar-refractivity contribution in [1.29, 1.82) is 0 Å². The number of nitrogens with zero attached hydrogens (tertiary/aromatic N) is 6. The first-order valence-corrected chi connectivity index (χ1v) is 11.3. The van der Waals surface area contributed by atoms with Crippen molar-refractivity contribution >= 4 is 60.3 Å². The second-order valence-corrected chi connectivity index (χ2v) is 9.12. The van der Waals surface area contributed by atoms with Crippen LogP contribution in [0.25, 0.3) is 11.0 Å². The second kappa shape index (κ2) is 8.36. The molecule has 0 atom stereocenters. The van der Waals surface area contributed by atoms with E-state index in [2.05, 4.69) is 35.2 Å². The molecule has 0 saturated heterocycles. The van der Waals surface area contributed by atoms with Gasteiger partial charge in [0.15, 0.2) is 5.52 Å². The normalized spacial score (nSPS) is 11.4. The molecule has 0 aliphatic carbocycles. The van der Waals surface area contributed by atoms with Crippen LogP contribution in [0.2, 0.25) is 0 Å². The third-order valence-electron chi connectivity index (χ3n) is 4.32. The highest BCUT2D eigenvalue weighted by Gasteiger charge is 2.29. The lowest BCUT2D eigenvalue weighted by Gasteiger charge is -2.09. The molecule has 4 rings (SSSR count). The number of hydrogen-bond acceptors (Lipinski definition) is 13. The standard InChI is InChI=1S/C16H12N8O7S2/c1-2-12-18-19-16(32-12)22-33(29,30)9-5-3-8(4-6-9)17-13-10(23(25)26)7-11(24(27)28)14-15(13)21-31-20-14/h3-7,17H,2H2,1H3,(H,19,22). The van der Waals surface area contributed by atoms with Gasteiger partial charge in [0.25, 0.3) is 10.0 Å². The summed E-state index contributed by atoms with van der Waals surface area (Å²) in [4.78, 5) is 21.0. The van der Waals surface area contributed by atoms with Crippen LogP contribution in [-0.2, 0) is 16.4 Å². The van der Waals surface area contributed by atoms with Crippen LogP contribution in [0.5, 0.6) is 0 Å². The van der Waals surface area contributed by atoms with Crippen LogP contribution in [0.4, 0.5) is 27.9 Å². The summed E-state index contributed by atoms with van der Waals surface area (Å²) in [6.45, 7) is 1.86. The summed E-state index contributed by atoms with van der Waals surface area (Å²) < 4.78 is 32.0. The minimum absolute atomic E-state index is 0.0900. The van der Waals surface area contributed by atoms with Crippen molar-refractivity contribution in [2.24, 2.45) is 0 Å². The van der Waals surface area contributed by atoms with E-state index in [-0.39, 0.29) is 32.4 Å². The zero-order chi connectivity index (χ0) is 23.8. The maximum Gasteiger partial charge on any atom is 0.307 e. The first kappa shape index (κ1) is 22.0.